The summed E-state index contributed by atoms with van der Waals surface area (Å²) < 4.78 is 4.84. The third kappa shape index (κ3) is 18.0. The van der Waals surface area contributed by atoms with Crippen LogP contribution in [0.5, 0.6) is 0 Å². The summed E-state index contributed by atoms with van der Waals surface area (Å²) in [6, 6.07) is 0. The Morgan fingerprint density at radius 1 is 1.11 bits per heavy atom. The van der Waals surface area contributed by atoms with E-state index in [2.05, 4.69) is 6.92 Å². The van der Waals surface area contributed by atoms with Crippen LogP contribution in [0.25, 0.3) is 0 Å². The topological polar surface area (TPSA) is 9.23 Å². The number of hydrogen-bond donors (Lipinski definition) is 0. The third-order valence-corrected chi connectivity index (χ3v) is 0.952. The van der Waals surface area contributed by atoms with Gasteiger partial charge in [0, 0.05) is 13.7 Å². The molecule has 0 aliphatic heterocycles. The maximum Gasteiger partial charge on any atom is 0.0462 e. The Kier molecular flexibility index (Phi) is 20.4. The molecule has 0 fully saturated rings. The molecule has 0 heterocycles. The summed E-state index contributed by atoms with van der Waals surface area (Å²) in [5.41, 5.74) is 0. The standard InChI is InChI=1S/C6H14O.C2H6/c1-3-4-5-6-7-2;1-2/h3-6H2,1-2H3;1-2H3. The molecule has 0 aliphatic rings. The molecule has 0 unspecified atom stereocenters. The Morgan fingerprint density at radius 3 is 2.00 bits per heavy atom. The average Bonchev–Trinajstić information content (AvgIpc) is 1.94. The van der Waals surface area contributed by atoms with Gasteiger partial charge in [-0.15, -0.1) is 0 Å². The van der Waals surface area contributed by atoms with E-state index in [0.717, 1.165) is 6.61 Å². The fraction of sp³-hybridized carbons (Fsp3) is 1.00. The highest BCUT2D eigenvalue weighted by molar-refractivity contribution is 4.32. The minimum absolute atomic E-state index is 0.924. The van der Waals surface area contributed by atoms with E-state index in [9.17, 15) is 0 Å². The van der Waals surface area contributed by atoms with E-state index in [-0.39, 0.29) is 0 Å². The predicted octanol–water partition coefficient (Wildman–Crippen LogP) is 2.85. The number of methoxy groups -OCH3 is 1. The molecule has 0 aromatic heterocycles. The molecule has 0 aromatic carbocycles. The fourth-order valence-electron chi connectivity index (χ4n) is 0.496. The van der Waals surface area contributed by atoms with Crippen molar-refractivity contribution in [3.05, 3.63) is 0 Å². The maximum absolute atomic E-state index is 4.84. The van der Waals surface area contributed by atoms with Crippen molar-refractivity contribution in [1.82, 2.24) is 0 Å². The molecular weight excluding hydrogens is 112 g/mol. The zero-order valence-corrected chi connectivity index (χ0v) is 7.24. The van der Waals surface area contributed by atoms with Crippen LogP contribution in [0.1, 0.15) is 40.0 Å². The van der Waals surface area contributed by atoms with Gasteiger partial charge in [-0.2, -0.15) is 0 Å². The number of unbranched alkanes of at least 4 members (excludes halogenated alkanes) is 2. The van der Waals surface area contributed by atoms with Gasteiger partial charge in [0.15, 0.2) is 0 Å². The highest BCUT2D eigenvalue weighted by Crippen LogP contribution is 1.91. The predicted molar refractivity (Wildman–Crippen MR) is 42.7 cm³/mol. The van der Waals surface area contributed by atoms with E-state index in [1.54, 1.807) is 7.11 Å². The number of rotatable bonds is 4. The van der Waals surface area contributed by atoms with Gasteiger partial charge in [0.05, 0.1) is 0 Å². The second kappa shape index (κ2) is 15.7. The Hall–Kier alpha value is -0.0400. The van der Waals surface area contributed by atoms with Gasteiger partial charge in [-0.25, -0.2) is 0 Å². The molecule has 0 atom stereocenters. The molecule has 0 saturated heterocycles. The van der Waals surface area contributed by atoms with E-state index in [0.29, 0.717) is 0 Å². The smallest absolute Gasteiger partial charge is 0.0462 e. The van der Waals surface area contributed by atoms with E-state index in [1.165, 1.54) is 19.3 Å². The van der Waals surface area contributed by atoms with Crippen molar-refractivity contribution in [2.24, 2.45) is 0 Å². The van der Waals surface area contributed by atoms with Crippen LogP contribution in [0.4, 0.5) is 0 Å². The van der Waals surface area contributed by atoms with Gasteiger partial charge in [-0.3, -0.25) is 0 Å². The van der Waals surface area contributed by atoms with Gasteiger partial charge >= 0.3 is 0 Å². The van der Waals surface area contributed by atoms with Gasteiger partial charge in [0.25, 0.3) is 0 Å². The van der Waals surface area contributed by atoms with Crippen molar-refractivity contribution in [2.75, 3.05) is 13.7 Å². The molecule has 0 rings (SSSR count). The van der Waals surface area contributed by atoms with Gasteiger partial charge in [-0.05, 0) is 6.42 Å². The molecule has 1 nitrogen and oxygen atoms in total. The summed E-state index contributed by atoms with van der Waals surface area (Å²) in [7, 11) is 1.75. The Bertz CT molecular complexity index is 23.7. The van der Waals surface area contributed by atoms with E-state index in [4.69, 9.17) is 4.74 Å². The largest absolute Gasteiger partial charge is 0.385 e. The lowest BCUT2D eigenvalue weighted by Gasteiger charge is -1.92. The second-order valence-corrected chi connectivity index (χ2v) is 1.70. The first kappa shape index (κ1) is 11.7. The van der Waals surface area contributed by atoms with E-state index < -0.39 is 0 Å². The summed E-state index contributed by atoms with van der Waals surface area (Å²) in [4.78, 5) is 0. The summed E-state index contributed by atoms with van der Waals surface area (Å²) in [5, 5.41) is 0. The monoisotopic (exact) mass is 132 g/mol. The average molecular weight is 132 g/mol. The van der Waals surface area contributed by atoms with Gasteiger partial charge < -0.3 is 4.74 Å². The molecular formula is C8H20O. The summed E-state index contributed by atoms with van der Waals surface area (Å²) in [5.74, 6) is 0. The van der Waals surface area contributed by atoms with Crippen molar-refractivity contribution < 1.29 is 4.74 Å². The first-order valence-electron chi connectivity index (χ1n) is 3.90. The van der Waals surface area contributed by atoms with Crippen LogP contribution in [-0.2, 0) is 4.74 Å². The minimum atomic E-state index is 0.924. The Labute approximate surface area is 59.4 Å². The van der Waals surface area contributed by atoms with Crippen LogP contribution in [0.15, 0.2) is 0 Å². The number of hydrogen-bond acceptors (Lipinski definition) is 1. The molecule has 0 aromatic rings. The summed E-state index contributed by atoms with van der Waals surface area (Å²) in [6.07, 6.45) is 3.80. The normalized spacial score (nSPS) is 8.00. The van der Waals surface area contributed by atoms with Crippen LogP contribution in [-0.4, -0.2) is 13.7 Å². The summed E-state index contributed by atoms with van der Waals surface area (Å²) >= 11 is 0. The highest BCUT2D eigenvalue weighted by Gasteiger charge is 1.79. The lowest BCUT2D eigenvalue weighted by molar-refractivity contribution is 0.192. The highest BCUT2D eigenvalue weighted by atomic mass is 16.5. The lowest BCUT2D eigenvalue weighted by atomic mass is 10.3. The molecule has 58 valence electrons. The van der Waals surface area contributed by atoms with Crippen molar-refractivity contribution in [2.45, 2.75) is 40.0 Å². The molecule has 0 spiro atoms. The van der Waals surface area contributed by atoms with Crippen LogP contribution < -0.4 is 0 Å². The molecule has 0 saturated carbocycles. The molecule has 1 heteroatoms. The molecule has 9 heavy (non-hydrogen) atoms. The third-order valence-electron chi connectivity index (χ3n) is 0.952. The zero-order chi connectivity index (χ0) is 7.54. The van der Waals surface area contributed by atoms with Crippen molar-refractivity contribution in [1.29, 1.82) is 0 Å². The molecule has 0 amide bonds. The maximum atomic E-state index is 4.84. The molecule has 0 aliphatic carbocycles. The van der Waals surface area contributed by atoms with Crippen LogP contribution >= 0.6 is 0 Å². The van der Waals surface area contributed by atoms with Crippen LogP contribution in [0.3, 0.4) is 0 Å². The minimum Gasteiger partial charge on any atom is -0.385 e. The molecule has 0 radical (unpaired) electrons. The second-order valence-electron chi connectivity index (χ2n) is 1.70. The van der Waals surface area contributed by atoms with Gasteiger partial charge in [0.2, 0.25) is 0 Å². The quantitative estimate of drug-likeness (QED) is 0.534. The zero-order valence-electron chi connectivity index (χ0n) is 7.24. The van der Waals surface area contributed by atoms with Crippen molar-refractivity contribution >= 4 is 0 Å². The SMILES string of the molecule is CC.CCCCCOC. The first-order valence-corrected chi connectivity index (χ1v) is 3.90. The van der Waals surface area contributed by atoms with Crippen LogP contribution in [0.2, 0.25) is 0 Å². The Morgan fingerprint density at radius 2 is 1.67 bits per heavy atom. The van der Waals surface area contributed by atoms with Crippen LogP contribution in [0, 0.1) is 0 Å². The molecule has 0 N–H and O–H groups in total. The lowest BCUT2D eigenvalue weighted by Crippen LogP contribution is -1.85. The fourth-order valence-corrected chi connectivity index (χ4v) is 0.496. The van der Waals surface area contributed by atoms with Gasteiger partial charge in [-0.1, -0.05) is 33.6 Å². The van der Waals surface area contributed by atoms with Gasteiger partial charge in [0.1, 0.15) is 0 Å². The van der Waals surface area contributed by atoms with Crippen molar-refractivity contribution in [3.8, 4) is 0 Å². The summed E-state index contributed by atoms with van der Waals surface area (Å²) in [6.45, 7) is 7.11. The Balaban J connectivity index is 0. The van der Waals surface area contributed by atoms with E-state index >= 15 is 0 Å². The van der Waals surface area contributed by atoms with E-state index in [1.807, 2.05) is 13.8 Å². The first-order chi connectivity index (χ1) is 4.41. The number of ether oxygens (including phenoxy) is 1. The van der Waals surface area contributed by atoms with Crippen molar-refractivity contribution in [3.63, 3.8) is 0 Å². The molecule has 0 bridgehead atoms.